The minimum absolute atomic E-state index is 0.117. The summed E-state index contributed by atoms with van der Waals surface area (Å²) in [4.78, 5) is 0. The van der Waals surface area contributed by atoms with Crippen LogP contribution in [0.3, 0.4) is 0 Å². The first-order valence-electron chi connectivity index (χ1n) is 3.88. The van der Waals surface area contributed by atoms with E-state index < -0.39 is 17.6 Å². The normalized spacial score (nSPS) is 12.0. The van der Waals surface area contributed by atoms with Gasteiger partial charge in [0, 0.05) is 6.07 Å². The molecule has 0 aliphatic heterocycles. The Labute approximate surface area is 82.5 Å². The van der Waals surface area contributed by atoms with Gasteiger partial charge in [0.2, 0.25) is 0 Å². The highest BCUT2D eigenvalue weighted by Gasteiger charge is 2.22. The van der Waals surface area contributed by atoms with Gasteiger partial charge in [-0.1, -0.05) is 0 Å². The van der Waals surface area contributed by atoms with E-state index in [4.69, 9.17) is 10.2 Å². The molecule has 0 heterocycles. The summed E-state index contributed by atoms with van der Waals surface area (Å²) in [6, 6.07) is 2.75. The van der Waals surface area contributed by atoms with Gasteiger partial charge in [0.1, 0.15) is 11.6 Å². The second kappa shape index (κ2) is 4.14. The first kappa shape index (κ1) is 11.3. The maximum Gasteiger partial charge on any atom is 0.271 e. The average Bonchev–Trinajstić information content (AvgIpc) is 2.01. The predicted molar refractivity (Wildman–Crippen MR) is 48.3 cm³/mol. The maximum absolute atomic E-state index is 12.7. The first-order chi connectivity index (χ1) is 6.43. The molecule has 0 aliphatic carbocycles. The Balaban J connectivity index is 2.87. The molecule has 1 rings (SSSR count). The minimum Gasteiger partial charge on any atom is -0.380 e. The first-order valence-corrected chi connectivity index (χ1v) is 4.69. The van der Waals surface area contributed by atoms with Crippen molar-refractivity contribution in [2.75, 3.05) is 0 Å². The smallest absolute Gasteiger partial charge is 0.271 e. The molecule has 0 radical (unpaired) electrons. The Hall–Kier alpha value is -0.823. The standard InChI is InChI=1S/C8H10F2O3Si/c9-6-1-5(2-7(10)3-6)4-8(11,12)13-14/h1-3,11-12H,4H2,14H3. The molecule has 2 N–H and O–H groups in total. The second-order valence-electron chi connectivity index (χ2n) is 2.90. The third kappa shape index (κ3) is 3.15. The van der Waals surface area contributed by atoms with E-state index in [1.165, 1.54) is 0 Å². The molecule has 0 bridgehead atoms. The molecule has 1 aromatic rings. The number of halogens is 2. The van der Waals surface area contributed by atoms with Gasteiger partial charge in [-0.3, -0.25) is 0 Å². The third-order valence-corrected chi connectivity index (χ3v) is 2.34. The van der Waals surface area contributed by atoms with Crippen molar-refractivity contribution in [3.05, 3.63) is 35.4 Å². The number of benzene rings is 1. The number of rotatable bonds is 3. The van der Waals surface area contributed by atoms with Crippen LogP contribution in [0.2, 0.25) is 0 Å². The lowest BCUT2D eigenvalue weighted by atomic mass is 10.1. The predicted octanol–water partition coefficient (Wildman–Crippen LogP) is -0.557. The summed E-state index contributed by atoms with van der Waals surface area (Å²) in [6.45, 7) is 0. The molecule has 0 fully saturated rings. The summed E-state index contributed by atoms with van der Waals surface area (Å²) in [6.07, 6.45) is -0.370. The van der Waals surface area contributed by atoms with Crippen LogP contribution in [0.5, 0.6) is 0 Å². The topological polar surface area (TPSA) is 49.7 Å². The van der Waals surface area contributed by atoms with Crippen LogP contribution >= 0.6 is 0 Å². The van der Waals surface area contributed by atoms with Gasteiger partial charge in [-0.25, -0.2) is 8.78 Å². The lowest BCUT2D eigenvalue weighted by molar-refractivity contribution is -0.289. The van der Waals surface area contributed by atoms with E-state index in [1.54, 1.807) is 0 Å². The molecular weight excluding hydrogens is 210 g/mol. The van der Waals surface area contributed by atoms with Gasteiger partial charge in [-0.2, -0.15) is 0 Å². The van der Waals surface area contributed by atoms with Crippen LogP contribution < -0.4 is 0 Å². The van der Waals surface area contributed by atoms with E-state index in [1.807, 2.05) is 0 Å². The molecule has 3 nitrogen and oxygen atoms in total. The molecule has 0 saturated carbocycles. The van der Waals surface area contributed by atoms with Gasteiger partial charge < -0.3 is 14.6 Å². The second-order valence-corrected chi connectivity index (χ2v) is 3.31. The van der Waals surface area contributed by atoms with Crippen molar-refractivity contribution in [1.82, 2.24) is 0 Å². The summed E-state index contributed by atoms with van der Waals surface area (Å²) < 4.78 is 29.8. The number of hydrogen-bond donors (Lipinski definition) is 2. The molecular formula is C8H10F2O3Si. The molecule has 0 aromatic heterocycles. The van der Waals surface area contributed by atoms with Crippen molar-refractivity contribution in [1.29, 1.82) is 0 Å². The van der Waals surface area contributed by atoms with Crippen molar-refractivity contribution < 1.29 is 23.4 Å². The monoisotopic (exact) mass is 220 g/mol. The Morgan fingerprint density at radius 3 is 2.14 bits per heavy atom. The van der Waals surface area contributed by atoms with Gasteiger partial charge in [0.25, 0.3) is 5.97 Å². The SMILES string of the molecule is OC(O)(Cc1cc(F)cc(F)c1)O[SiH3]. The summed E-state index contributed by atoms with van der Waals surface area (Å²) in [5.74, 6) is -3.86. The van der Waals surface area contributed by atoms with Crippen molar-refractivity contribution in [2.24, 2.45) is 0 Å². The molecule has 78 valence electrons. The Kier molecular flexibility index (Phi) is 3.32. The molecule has 0 spiro atoms. The maximum atomic E-state index is 12.7. The fourth-order valence-corrected chi connectivity index (χ4v) is 1.20. The Morgan fingerprint density at radius 2 is 1.71 bits per heavy atom. The van der Waals surface area contributed by atoms with Crippen LogP contribution in [0.4, 0.5) is 8.78 Å². The molecule has 0 saturated heterocycles. The van der Waals surface area contributed by atoms with Gasteiger partial charge >= 0.3 is 0 Å². The summed E-state index contributed by atoms with van der Waals surface area (Å²) in [5.41, 5.74) is 0.128. The number of hydrogen-bond acceptors (Lipinski definition) is 3. The molecule has 1 aromatic carbocycles. The van der Waals surface area contributed by atoms with Gasteiger partial charge in [-0.15, -0.1) is 0 Å². The average molecular weight is 220 g/mol. The van der Waals surface area contributed by atoms with E-state index in [0.717, 1.165) is 12.1 Å². The molecule has 14 heavy (non-hydrogen) atoms. The zero-order valence-electron chi connectivity index (χ0n) is 7.50. The quantitative estimate of drug-likeness (QED) is 0.530. The molecule has 0 aliphatic rings. The van der Waals surface area contributed by atoms with Crippen molar-refractivity contribution in [3.63, 3.8) is 0 Å². The lowest BCUT2D eigenvalue weighted by Gasteiger charge is -2.19. The van der Waals surface area contributed by atoms with Crippen LogP contribution in [0.1, 0.15) is 5.56 Å². The lowest BCUT2D eigenvalue weighted by Crippen LogP contribution is -2.33. The van der Waals surface area contributed by atoms with Crippen molar-refractivity contribution >= 4 is 10.5 Å². The third-order valence-electron chi connectivity index (χ3n) is 1.68. The largest absolute Gasteiger partial charge is 0.380 e. The summed E-state index contributed by atoms with van der Waals surface area (Å²) in [5, 5.41) is 18.2. The fourth-order valence-electron chi connectivity index (χ4n) is 1.05. The zero-order chi connectivity index (χ0) is 10.8. The van der Waals surface area contributed by atoms with E-state index in [0.29, 0.717) is 6.07 Å². The van der Waals surface area contributed by atoms with Crippen LogP contribution in [-0.4, -0.2) is 26.7 Å². The van der Waals surface area contributed by atoms with Gasteiger partial charge in [0.05, 0.1) is 6.42 Å². The van der Waals surface area contributed by atoms with Gasteiger partial charge in [0.15, 0.2) is 10.5 Å². The highest BCUT2D eigenvalue weighted by Crippen LogP contribution is 2.14. The van der Waals surface area contributed by atoms with Crippen molar-refractivity contribution in [2.45, 2.75) is 12.4 Å². The van der Waals surface area contributed by atoms with E-state index in [9.17, 15) is 8.78 Å². The van der Waals surface area contributed by atoms with Gasteiger partial charge in [-0.05, 0) is 17.7 Å². The van der Waals surface area contributed by atoms with Crippen molar-refractivity contribution in [3.8, 4) is 0 Å². The molecule has 0 unspecified atom stereocenters. The number of aliphatic hydroxyl groups is 2. The molecule has 0 atom stereocenters. The highest BCUT2D eigenvalue weighted by atomic mass is 28.2. The van der Waals surface area contributed by atoms with Crippen LogP contribution in [0, 0.1) is 11.6 Å². The zero-order valence-corrected chi connectivity index (χ0v) is 9.50. The minimum atomic E-state index is -2.34. The fraction of sp³-hybridized carbons (Fsp3) is 0.250. The summed E-state index contributed by atoms with van der Waals surface area (Å²) >= 11 is 0. The van der Waals surface area contributed by atoms with Crippen LogP contribution in [-0.2, 0) is 10.8 Å². The Morgan fingerprint density at radius 1 is 1.21 bits per heavy atom. The molecule has 0 amide bonds. The van der Waals surface area contributed by atoms with Crippen LogP contribution in [0.15, 0.2) is 18.2 Å². The Bertz CT molecular complexity index is 310. The highest BCUT2D eigenvalue weighted by molar-refractivity contribution is 5.98. The summed E-state index contributed by atoms with van der Waals surface area (Å²) in [7, 11) is 0.117. The van der Waals surface area contributed by atoms with Crippen LogP contribution in [0.25, 0.3) is 0 Å². The van der Waals surface area contributed by atoms with E-state index in [-0.39, 0.29) is 22.5 Å². The van der Waals surface area contributed by atoms with E-state index in [2.05, 4.69) is 4.43 Å². The van der Waals surface area contributed by atoms with E-state index >= 15 is 0 Å². The molecule has 6 heteroatoms.